The average Bonchev–Trinajstić information content (AvgIpc) is 2.66. The maximum atomic E-state index is 12.7. The highest BCUT2D eigenvalue weighted by atomic mass is 32.2. The molecule has 27 heavy (non-hydrogen) atoms. The molecule has 0 bridgehead atoms. The normalized spacial score (nSPS) is 15.0. The molecule has 144 valence electrons. The first kappa shape index (κ1) is 19.2. The smallest absolute Gasteiger partial charge is 0.251 e. The maximum absolute atomic E-state index is 12.7. The Morgan fingerprint density at radius 3 is 2.67 bits per heavy atom. The van der Waals surface area contributed by atoms with Crippen molar-refractivity contribution in [1.29, 1.82) is 0 Å². The number of nitrogens with zero attached hydrogens (tertiary/aromatic N) is 1. The number of amides is 1. The number of methoxy groups -OCH3 is 1. The molecule has 0 spiro atoms. The Hall–Kier alpha value is -2.54. The fourth-order valence-electron chi connectivity index (χ4n) is 3.43. The van der Waals surface area contributed by atoms with E-state index in [-0.39, 0.29) is 11.9 Å². The molecule has 1 aliphatic rings. The van der Waals surface area contributed by atoms with Crippen LogP contribution in [0.15, 0.2) is 42.5 Å². The summed E-state index contributed by atoms with van der Waals surface area (Å²) >= 11 is 0. The van der Waals surface area contributed by atoms with Crippen LogP contribution >= 0.6 is 0 Å². The van der Waals surface area contributed by atoms with E-state index in [0.717, 1.165) is 29.7 Å². The Balaban J connectivity index is 1.82. The summed E-state index contributed by atoms with van der Waals surface area (Å²) in [6, 6.07) is 12.5. The van der Waals surface area contributed by atoms with E-state index in [1.807, 2.05) is 31.2 Å². The third-order valence-electron chi connectivity index (χ3n) is 4.77. The number of hydrogen-bond donors (Lipinski definition) is 1. The van der Waals surface area contributed by atoms with Crippen molar-refractivity contribution < 1.29 is 17.9 Å². The van der Waals surface area contributed by atoms with Gasteiger partial charge in [0.1, 0.15) is 5.75 Å². The minimum Gasteiger partial charge on any atom is -0.496 e. The Morgan fingerprint density at radius 1 is 1.22 bits per heavy atom. The number of carbonyl (C=O) groups excluding carboxylic acids is 1. The second-order valence-electron chi connectivity index (χ2n) is 6.72. The molecule has 0 saturated heterocycles. The first-order valence-corrected chi connectivity index (χ1v) is 10.7. The number of fused-ring (bicyclic) bond motifs is 1. The minimum absolute atomic E-state index is 0.201. The summed E-state index contributed by atoms with van der Waals surface area (Å²) in [6.07, 6.45) is 2.70. The summed E-state index contributed by atoms with van der Waals surface area (Å²) in [7, 11) is -1.71. The number of benzene rings is 2. The van der Waals surface area contributed by atoms with Crippen LogP contribution in [0.2, 0.25) is 0 Å². The quantitative estimate of drug-likeness (QED) is 0.855. The lowest BCUT2D eigenvalue weighted by Crippen LogP contribution is -2.35. The van der Waals surface area contributed by atoms with Crippen molar-refractivity contribution in [3.8, 4) is 5.75 Å². The fraction of sp³-hybridized carbons (Fsp3) is 0.350. The summed E-state index contributed by atoms with van der Waals surface area (Å²) in [4.78, 5) is 12.7. The molecule has 3 rings (SSSR count). The van der Waals surface area contributed by atoms with E-state index in [1.165, 1.54) is 10.6 Å². The maximum Gasteiger partial charge on any atom is 0.251 e. The number of para-hydroxylation sites is 1. The van der Waals surface area contributed by atoms with Crippen LogP contribution in [0.4, 0.5) is 5.69 Å². The Kier molecular flexibility index (Phi) is 5.41. The molecular formula is C20H24N2O4S. The molecule has 1 atom stereocenters. The molecule has 2 aromatic rings. The highest BCUT2D eigenvalue weighted by molar-refractivity contribution is 7.92. The van der Waals surface area contributed by atoms with Gasteiger partial charge in [0.25, 0.3) is 5.91 Å². The number of ether oxygens (including phenoxy) is 1. The van der Waals surface area contributed by atoms with Crippen molar-refractivity contribution >= 4 is 21.6 Å². The average molecular weight is 388 g/mol. The van der Waals surface area contributed by atoms with E-state index in [9.17, 15) is 13.2 Å². The van der Waals surface area contributed by atoms with Crippen LogP contribution in [0, 0.1) is 0 Å². The molecule has 1 N–H and O–H groups in total. The SMILES string of the molecule is COc1ccccc1C(C)NC(=O)c1ccc2c(c1)CCCN2S(C)(=O)=O. The third kappa shape index (κ3) is 4.08. The van der Waals surface area contributed by atoms with Gasteiger partial charge < -0.3 is 10.1 Å². The first-order valence-electron chi connectivity index (χ1n) is 8.85. The summed E-state index contributed by atoms with van der Waals surface area (Å²) in [6.45, 7) is 2.38. The van der Waals surface area contributed by atoms with E-state index in [0.29, 0.717) is 17.8 Å². The molecular weight excluding hydrogens is 364 g/mol. The lowest BCUT2D eigenvalue weighted by atomic mass is 10.00. The summed E-state index contributed by atoms with van der Waals surface area (Å²) in [5, 5.41) is 2.98. The van der Waals surface area contributed by atoms with Gasteiger partial charge in [0.2, 0.25) is 10.0 Å². The topological polar surface area (TPSA) is 75.7 Å². The second kappa shape index (κ2) is 7.60. The van der Waals surface area contributed by atoms with Crippen molar-refractivity contribution in [1.82, 2.24) is 5.32 Å². The summed E-state index contributed by atoms with van der Waals surface area (Å²) < 4.78 is 30.7. The number of rotatable bonds is 5. The number of anilines is 1. The van der Waals surface area contributed by atoms with Gasteiger partial charge in [0.05, 0.1) is 25.1 Å². The zero-order valence-electron chi connectivity index (χ0n) is 15.7. The lowest BCUT2D eigenvalue weighted by Gasteiger charge is -2.29. The highest BCUT2D eigenvalue weighted by Crippen LogP contribution is 2.30. The van der Waals surface area contributed by atoms with Crippen LogP contribution in [0.1, 0.15) is 40.9 Å². The number of sulfonamides is 1. The van der Waals surface area contributed by atoms with Crippen LogP contribution in [-0.4, -0.2) is 34.2 Å². The highest BCUT2D eigenvalue weighted by Gasteiger charge is 2.25. The molecule has 1 aliphatic heterocycles. The lowest BCUT2D eigenvalue weighted by molar-refractivity contribution is 0.0939. The number of nitrogens with one attached hydrogen (secondary N) is 1. The Bertz CT molecular complexity index is 956. The van der Waals surface area contributed by atoms with Gasteiger partial charge in [-0.15, -0.1) is 0 Å². The van der Waals surface area contributed by atoms with E-state index >= 15 is 0 Å². The molecule has 1 amide bonds. The molecule has 0 aromatic heterocycles. The molecule has 6 nitrogen and oxygen atoms in total. The number of carbonyl (C=O) groups is 1. The van der Waals surface area contributed by atoms with Crippen LogP contribution in [-0.2, 0) is 16.4 Å². The molecule has 1 heterocycles. The molecule has 0 aliphatic carbocycles. The van der Waals surface area contributed by atoms with E-state index in [4.69, 9.17) is 4.74 Å². The fourth-order valence-corrected chi connectivity index (χ4v) is 4.43. The Labute approximate surface area is 160 Å². The van der Waals surface area contributed by atoms with Crippen LogP contribution in [0.3, 0.4) is 0 Å². The Morgan fingerprint density at radius 2 is 1.96 bits per heavy atom. The van der Waals surface area contributed by atoms with Crippen LogP contribution in [0.25, 0.3) is 0 Å². The summed E-state index contributed by atoms with van der Waals surface area (Å²) in [5.41, 5.74) is 2.96. The molecule has 0 radical (unpaired) electrons. The van der Waals surface area contributed by atoms with Crippen molar-refractivity contribution in [3.05, 3.63) is 59.2 Å². The molecule has 0 fully saturated rings. The third-order valence-corrected chi connectivity index (χ3v) is 5.95. The van der Waals surface area contributed by atoms with Crippen molar-refractivity contribution in [2.45, 2.75) is 25.8 Å². The van der Waals surface area contributed by atoms with Gasteiger partial charge in [0, 0.05) is 17.7 Å². The first-order chi connectivity index (χ1) is 12.8. The largest absolute Gasteiger partial charge is 0.496 e. The van der Waals surface area contributed by atoms with Gasteiger partial charge in [0.15, 0.2) is 0 Å². The number of aryl methyl sites for hydroxylation is 1. The van der Waals surface area contributed by atoms with Crippen molar-refractivity contribution in [2.75, 3.05) is 24.2 Å². The number of hydrogen-bond acceptors (Lipinski definition) is 4. The predicted octanol–water partition coefficient (Wildman–Crippen LogP) is 2.90. The predicted molar refractivity (Wildman–Crippen MR) is 106 cm³/mol. The molecule has 7 heteroatoms. The zero-order valence-corrected chi connectivity index (χ0v) is 16.5. The molecule has 1 unspecified atom stereocenters. The van der Waals surface area contributed by atoms with E-state index in [1.54, 1.807) is 25.3 Å². The van der Waals surface area contributed by atoms with Gasteiger partial charge in [-0.25, -0.2) is 8.42 Å². The van der Waals surface area contributed by atoms with E-state index in [2.05, 4.69) is 5.32 Å². The monoisotopic (exact) mass is 388 g/mol. The van der Waals surface area contributed by atoms with E-state index < -0.39 is 10.0 Å². The van der Waals surface area contributed by atoms with Gasteiger partial charge in [-0.2, -0.15) is 0 Å². The van der Waals surface area contributed by atoms with Gasteiger partial charge in [-0.05, 0) is 49.6 Å². The minimum atomic E-state index is -3.32. The standard InChI is InChI=1S/C20H24N2O4S/c1-14(17-8-4-5-9-19(17)26-2)21-20(23)16-10-11-18-15(13-16)7-6-12-22(18)27(3,24)25/h4-5,8-11,13-14H,6-7,12H2,1-3H3,(H,21,23). The van der Waals surface area contributed by atoms with Gasteiger partial charge in [-0.1, -0.05) is 18.2 Å². The van der Waals surface area contributed by atoms with Gasteiger partial charge >= 0.3 is 0 Å². The summed E-state index contributed by atoms with van der Waals surface area (Å²) in [5.74, 6) is 0.521. The molecule has 0 saturated carbocycles. The zero-order chi connectivity index (χ0) is 19.6. The van der Waals surface area contributed by atoms with Crippen molar-refractivity contribution in [3.63, 3.8) is 0 Å². The molecule has 2 aromatic carbocycles. The van der Waals surface area contributed by atoms with Crippen molar-refractivity contribution in [2.24, 2.45) is 0 Å². The van der Waals surface area contributed by atoms with Gasteiger partial charge in [-0.3, -0.25) is 9.10 Å². The van der Waals surface area contributed by atoms with Crippen LogP contribution < -0.4 is 14.4 Å². The second-order valence-corrected chi connectivity index (χ2v) is 8.63. The van der Waals surface area contributed by atoms with Crippen LogP contribution in [0.5, 0.6) is 5.75 Å².